The number of ether oxygens (including phenoxy) is 2. The van der Waals surface area contributed by atoms with E-state index in [1.54, 1.807) is 24.2 Å². The second-order valence-corrected chi connectivity index (χ2v) is 10.8. The highest BCUT2D eigenvalue weighted by Gasteiger charge is 2.27. The Balaban J connectivity index is 1.71. The minimum Gasteiger partial charge on any atom is -0.485 e. The minimum atomic E-state index is -4.43. The number of allylic oxidation sites excluding steroid dienone is 3. The standard InChI is InChI=1S/C26H29F2N5O5S/c1-31(2)10-11-38-22-14-29-24-7-5-6-17(16-33(24)25(22)34)18-12-21(26(37-4)32(3)15-18)30-39(35,36)23-9-8-19(27)13-20(23)28/h5-6,8-9,12-14,16,30H,7,10-11,15H2,1-4H3. The topological polar surface area (TPSA) is 106 Å². The van der Waals surface area contributed by atoms with E-state index in [0.717, 1.165) is 12.1 Å². The maximum absolute atomic E-state index is 14.3. The number of benzene rings is 1. The van der Waals surface area contributed by atoms with Crippen LogP contribution in [0.5, 0.6) is 5.75 Å². The van der Waals surface area contributed by atoms with Crippen molar-refractivity contribution >= 4 is 16.2 Å². The molecule has 0 amide bonds. The van der Waals surface area contributed by atoms with Crippen LogP contribution in [0.3, 0.4) is 0 Å². The molecule has 0 aliphatic carbocycles. The molecule has 13 heteroatoms. The molecule has 2 aromatic rings. The van der Waals surface area contributed by atoms with Crippen LogP contribution in [0.25, 0.3) is 6.20 Å². The molecule has 2 aliphatic heterocycles. The summed E-state index contributed by atoms with van der Waals surface area (Å²) in [5, 5.41) is 0. The van der Waals surface area contributed by atoms with Gasteiger partial charge >= 0.3 is 0 Å². The molecule has 4 rings (SSSR count). The van der Waals surface area contributed by atoms with Gasteiger partial charge in [0.2, 0.25) is 11.6 Å². The van der Waals surface area contributed by atoms with Gasteiger partial charge in [0.1, 0.15) is 34.7 Å². The van der Waals surface area contributed by atoms with Gasteiger partial charge in [0.15, 0.2) is 0 Å². The van der Waals surface area contributed by atoms with Crippen molar-refractivity contribution in [1.82, 2.24) is 24.1 Å². The maximum atomic E-state index is 14.3. The van der Waals surface area contributed by atoms with E-state index in [0.29, 0.717) is 49.2 Å². The van der Waals surface area contributed by atoms with Crippen LogP contribution in [-0.2, 0) is 21.2 Å². The average molecular weight is 562 g/mol. The van der Waals surface area contributed by atoms with Crippen molar-refractivity contribution < 1.29 is 26.7 Å². The molecule has 0 unspecified atom stereocenters. The fourth-order valence-electron chi connectivity index (χ4n) is 4.09. The van der Waals surface area contributed by atoms with Gasteiger partial charge in [0.05, 0.1) is 13.3 Å². The largest absolute Gasteiger partial charge is 0.485 e. The molecule has 208 valence electrons. The van der Waals surface area contributed by atoms with E-state index >= 15 is 0 Å². The Morgan fingerprint density at radius 3 is 2.69 bits per heavy atom. The second-order valence-electron chi connectivity index (χ2n) is 9.19. The number of fused-ring (bicyclic) bond motifs is 1. The van der Waals surface area contributed by atoms with Crippen LogP contribution >= 0.6 is 0 Å². The van der Waals surface area contributed by atoms with Gasteiger partial charge in [-0.15, -0.1) is 0 Å². The van der Waals surface area contributed by atoms with E-state index in [1.807, 2.05) is 31.1 Å². The molecule has 0 bridgehead atoms. The number of rotatable bonds is 9. The first-order chi connectivity index (χ1) is 18.5. The Kier molecular flexibility index (Phi) is 8.21. The Morgan fingerprint density at radius 2 is 2.00 bits per heavy atom. The van der Waals surface area contributed by atoms with Crippen LogP contribution in [0.2, 0.25) is 0 Å². The highest BCUT2D eigenvalue weighted by atomic mass is 32.2. The molecule has 1 N–H and O–H groups in total. The molecule has 1 aromatic heterocycles. The van der Waals surface area contributed by atoms with Gasteiger partial charge in [-0.3, -0.25) is 14.1 Å². The van der Waals surface area contributed by atoms with E-state index in [1.165, 1.54) is 17.9 Å². The fraction of sp³-hybridized carbons (Fsp3) is 0.308. The number of halogens is 2. The van der Waals surface area contributed by atoms with E-state index < -0.39 is 26.6 Å². The van der Waals surface area contributed by atoms with Crippen LogP contribution in [0.4, 0.5) is 8.78 Å². The van der Waals surface area contributed by atoms with Crippen LogP contribution < -0.4 is 15.0 Å². The van der Waals surface area contributed by atoms with Gasteiger partial charge in [-0.25, -0.2) is 22.2 Å². The zero-order chi connectivity index (χ0) is 28.3. The first-order valence-corrected chi connectivity index (χ1v) is 13.4. The quantitative estimate of drug-likeness (QED) is 0.496. The molecular formula is C26H29F2N5O5S. The number of sulfonamides is 1. The number of aromatic nitrogens is 2. The van der Waals surface area contributed by atoms with Crippen molar-refractivity contribution in [2.24, 2.45) is 0 Å². The number of hydrogen-bond acceptors (Lipinski definition) is 8. The van der Waals surface area contributed by atoms with Crippen molar-refractivity contribution in [2.75, 3.05) is 47.9 Å². The third-order valence-corrected chi connectivity index (χ3v) is 7.39. The van der Waals surface area contributed by atoms with Gasteiger partial charge in [0.25, 0.3) is 15.6 Å². The molecule has 1 aromatic carbocycles. The molecule has 0 atom stereocenters. The summed E-state index contributed by atoms with van der Waals surface area (Å²) < 4.78 is 68.5. The smallest absolute Gasteiger partial charge is 0.300 e. The highest BCUT2D eigenvalue weighted by molar-refractivity contribution is 7.89. The Morgan fingerprint density at radius 1 is 1.23 bits per heavy atom. The van der Waals surface area contributed by atoms with E-state index in [9.17, 15) is 22.0 Å². The summed E-state index contributed by atoms with van der Waals surface area (Å²) in [5.74, 6) is -1.30. The van der Waals surface area contributed by atoms with Gasteiger partial charge < -0.3 is 19.3 Å². The fourth-order valence-corrected chi connectivity index (χ4v) is 5.20. The van der Waals surface area contributed by atoms with Crippen molar-refractivity contribution in [2.45, 2.75) is 11.3 Å². The predicted molar refractivity (Wildman–Crippen MR) is 141 cm³/mol. The molecule has 0 fully saturated rings. The lowest BCUT2D eigenvalue weighted by molar-refractivity contribution is 0.174. The number of nitrogens with zero attached hydrogens (tertiary/aromatic N) is 4. The van der Waals surface area contributed by atoms with E-state index in [-0.39, 0.29) is 22.9 Å². The van der Waals surface area contributed by atoms with Crippen LogP contribution in [0, 0.1) is 11.6 Å². The first-order valence-electron chi connectivity index (χ1n) is 11.9. The van der Waals surface area contributed by atoms with Crippen molar-refractivity contribution in [3.63, 3.8) is 0 Å². The monoisotopic (exact) mass is 561 g/mol. The Labute approximate surface area is 225 Å². The van der Waals surface area contributed by atoms with Gasteiger partial charge in [-0.05, 0) is 43.5 Å². The molecule has 3 heterocycles. The van der Waals surface area contributed by atoms with E-state index in [4.69, 9.17) is 9.47 Å². The maximum Gasteiger partial charge on any atom is 0.300 e. The van der Waals surface area contributed by atoms with E-state index in [2.05, 4.69) is 9.71 Å². The van der Waals surface area contributed by atoms with Crippen molar-refractivity contribution in [3.05, 3.63) is 93.2 Å². The Hall–Kier alpha value is -3.97. The molecular weight excluding hydrogens is 532 g/mol. The number of methoxy groups -OCH3 is 1. The zero-order valence-corrected chi connectivity index (χ0v) is 22.8. The van der Waals surface area contributed by atoms with Crippen molar-refractivity contribution in [1.29, 1.82) is 0 Å². The minimum absolute atomic E-state index is 0.0370. The molecule has 0 spiro atoms. The lowest BCUT2D eigenvalue weighted by Crippen LogP contribution is -2.33. The first kappa shape index (κ1) is 28.0. The normalized spacial score (nSPS) is 15.5. The number of hydrogen-bond donors (Lipinski definition) is 1. The van der Waals surface area contributed by atoms with Crippen LogP contribution in [0.15, 0.2) is 75.0 Å². The summed E-state index contributed by atoms with van der Waals surface area (Å²) in [6.45, 7) is 1.25. The third kappa shape index (κ3) is 6.20. The third-order valence-electron chi connectivity index (χ3n) is 6.00. The average Bonchev–Trinajstić information content (AvgIpc) is 3.08. The number of likely N-dealkylation sites (N-methyl/N-ethyl adjacent to an activating group) is 2. The van der Waals surface area contributed by atoms with Crippen LogP contribution in [-0.4, -0.2) is 75.7 Å². The molecule has 0 saturated carbocycles. The molecule has 0 radical (unpaired) electrons. The summed E-state index contributed by atoms with van der Waals surface area (Å²) in [5.41, 5.74) is 0.931. The lowest BCUT2D eigenvalue weighted by atomic mass is 10.0. The molecule has 2 aliphatic rings. The summed E-state index contributed by atoms with van der Waals surface area (Å²) in [6, 6.07) is 2.21. The SMILES string of the molecule is COC1=C(NS(=O)(=O)c2ccc(F)cc2F)C=C(C2=Cn3c(ncc(OCCN(C)C)c3=O)CC=C2)CN1C. The molecule has 10 nitrogen and oxygen atoms in total. The predicted octanol–water partition coefficient (Wildman–Crippen LogP) is 2.08. The summed E-state index contributed by atoms with van der Waals surface area (Å²) in [6.07, 6.45) is 8.63. The Bertz CT molecular complexity index is 1560. The zero-order valence-electron chi connectivity index (χ0n) is 21.9. The lowest BCUT2D eigenvalue weighted by Gasteiger charge is -2.29. The number of nitrogens with one attached hydrogen (secondary N) is 1. The second kappa shape index (κ2) is 11.4. The van der Waals surface area contributed by atoms with Crippen molar-refractivity contribution in [3.8, 4) is 5.75 Å². The summed E-state index contributed by atoms with van der Waals surface area (Å²) >= 11 is 0. The summed E-state index contributed by atoms with van der Waals surface area (Å²) in [7, 11) is 2.43. The van der Waals surface area contributed by atoms with Gasteiger partial charge in [-0.2, -0.15) is 0 Å². The van der Waals surface area contributed by atoms with Gasteiger partial charge in [-0.1, -0.05) is 12.2 Å². The van der Waals surface area contributed by atoms with Gasteiger partial charge in [0, 0.05) is 38.8 Å². The molecule has 39 heavy (non-hydrogen) atoms. The highest BCUT2D eigenvalue weighted by Crippen LogP contribution is 2.27. The van der Waals surface area contributed by atoms with Crippen LogP contribution in [0.1, 0.15) is 5.82 Å². The summed E-state index contributed by atoms with van der Waals surface area (Å²) in [4.78, 5) is 20.5. The molecule has 0 saturated heterocycles.